The molecule has 118 valence electrons. The first-order valence-electron chi connectivity index (χ1n) is 7.01. The lowest BCUT2D eigenvalue weighted by molar-refractivity contribution is 0.415. The first kappa shape index (κ1) is 15.4. The Morgan fingerprint density at radius 2 is 2.04 bits per heavy atom. The van der Waals surface area contributed by atoms with Gasteiger partial charge >= 0.3 is 0 Å². The lowest BCUT2D eigenvalue weighted by Gasteiger charge is -2.23. The average molecular weight is 374 g/mol. The Morgan fingerprint density at radius 1 is 1.26 bits per heavy atom. The van der Waals surface area contributed by atoms with Crippen molar-refractivity contribution in [3.63, 3.8) is 0 Å². The van der Waals surface area contributed by atoms with Crippen LogP contribution in [-0.4, -0.2) is 13.1 Å². The summed E-state index contributed by atoms with van der Waals surface area (Å²) in [5.41, 5.74) is 7.30. The molecule has 3 aromatic rings. The number of furan rings is 1. The van der Waals surface area contributed by atoms with Gasteiger partial charge in [0.05, 0.1) is 19.3 Å². The fourth-order valence-corrected chi connectivity index (χ4v) is 2.79. The molecule has 3 rings (SSSR count). The van der Waals surface area contributed by atoms with Crippen LogP contribution in [0, 0.1) is 5.41 Å². The highest BCUT2D eigenvalue weighted by molar-refractivity contribution is 9.10. The van der Waals surface area contributed by atoms with Crippen LogP contribution < -0.4 is 15.4 Å². The number of nitrogens with two attached hydrogens (primary N) is 1. The van der Waals surface area contributed by atoms with Gasteiger partial charge in [-0.2, -0.15) is 0 Å². The molecule has 0 radical (unpaired) electrons. The molecular formula is C17H16BrN3O2. The number of guanidine groups is 1. The number of hydrogen-bond acceptors (Lipinski definition) is 3. The van der Waals surface area contributed by atoms with E-state index in [2.05, 4.69) is 15.9 Å². The maximum Gasteiger partial charge on any atom is 0.193 e. The van der Waals surface area contributed by atoms with Gasteiger partial charge < -0.3 is 19.8 Å². The summed E-state index contributed by atoms with van der Waals surface area (Å²) in [4.78, 5) is 1.64. The fraction of sp³-hybridized carbons (Fsp3) is 0.118. The zero-order chi connectivity index (χ0) is 16.4. The number of methoxy groups -OCH3 is 1. The van der Waals surface area contributed by atoms with Crippen LogP contribution in [0.2, 0.25) is 0 Å². The van der Waals surface area contributed by atoms with Crippen molar-refractivity contribution in [1.82, 2.24) is 0 Å². The minimum absolute atomic E-state index is 0.0816. The van der Waals surface area contributed by atoms with Gasteiger partial charge in [-0.3, -0.25) is 5.41 Å². The van der Waals surface area contributed by atoms with Crippen LogP contribution in [-0.2, 0) is 6.54 Å². The number of ether oxygens (including phenoxy) is 1. The number of nitrogens with one attached hydrogen (secondary N) is 1. The number of fused-ring (bicyclic) bond motifs is 1. The summed E-state index contributed by atoms with van der Waals surface area (Å²) in [5, 5.41) is 8.93. The van der Waals surface area contributed by atoms with E-state index in [1.807, 2.05) is 48.5 Å². The number of rotatable bonds is 4. The first-order valence-corrected chi connectivity index (χ1v) is 7.80. The molecule has 0 aliphatic carbocycles. The molecule has 0 saturated heterocycles. The summed E-state index contributed by atoms with van der Waals surface area (Å²) >= 11 is 3.44. The van der Waals surface area contributed by atoms with Gasteiger partial charge in [-0.05, 0) is 30.3 Å². The predicted octanol–water partition coefficient (Wildman–Crippen LogP) is 4.10. The van der Waals surface area contributed by atoms with E-state index in [-0.39, 0.29) is 5.96 Å². The Hall–Kier alpha value is -2.47. The third kappa shape index (κ3) is 3.17. The molecule has 2 aromatic carbocycles. The minimum atomic E-state index is -0.0816. The molecule has 0 aliphatic heterocycles. The third-order valence-electron chi connectivity index (χ3n) is 3.51. The summed E-state index contributed by atoms with van der Waals surface area (Å²) in [6, 6.07) is 15.3. The van der Waals surface area contributed by atoms with Gasteiger partial charge in [-0.25, -0.2) is 0 Å². The SMILES string of the molecule is COc1ccc(Br)cc1N(Cc1cc2ccccc2o1)C(=N)N. The Morgan fingerprint density at radius 3 is 2.74 bits per heavy atom. The molecule has 0 atom stereocenters. The van der Waals surface area contributed by atoms with Crippen LogP contribution in [0.25, 0.3) is 11.0 Å². The molecule has 0 aliphatic rings. The quantitative estimate of drug-likeness (QED) is 0.533. The van der Waals surface area contributed by atoms with Gasteiger partial charge in [0, 0.05) is 9.86 Å². The first-order chi connectivity index (χ1) is 11.1. The van der Waals surface area contributed by atoms with E-state index in [0.29, 0.717) is 18.0 Å². The van der Waals surface area contributed by atoms with E-state index < -0.39 is 0 Å². The molecule has 23 heavy (non-hydrogen) atoms. The molecule has 6 heteroatoms. The molecule has 1 aromatic heterocycles. The van der Waals surface area contributed by atoms with Gasteiger partial charge in [-0.15, -0.1) is 0 Å². The van der Waals surface area contributed by atoms with Crippen LogP contribution >= 0.6 is 15.9 Å². The Balaban J connectivity index is 1.99. The van der Waals surface area contributed by atoms with Crippen molar-refractivity contribution in [2.45, 2.75) is 6.54 Å². The van der Waals surface area contributed by atoms with Crippen LogP contribution in [0.5, 0.6) is 5.75 Å². The zero-order valence-electron chi connectivity index (χ0n) is 12.5. The van der Waals surface area contributed by atoms with Crippen molar-refractivity contribution in [3.8, 4) is 5.75 Å². The summed E-state index contributed by atoms with van der Waals surface area (Å²) in [6.07, 6.45) is 0. The highest BCUT2D eigenvalue weighted by Crippen LogP contribution is 2.33. The molecule has 1 heterocycles. The second-order valence-corrected chi connectivity index (χ2v) is 5.95. The van der Waals surface area contributed by atoms with Crippen molar-refractivity contribution in [2.24, 2.45) is 5.73 Å². The maximum atomic E-state index is 7.91. The topological polar surface area (TPSA) is 75.5 Å². The number of para-hydroxylation sites is 1. The molecular weight excluding hydrogens is 358 g/mol. The number of halogens is 1. The number of anilines is 1. The van der Waals surface area contributed by atoms with E-state index in [4.69, 9.17) is 20.3 Å². The van der Waals surface area contributed by atoms with Crippen molar-refractivity contribution in [3.05, 3.63) is 58.8 Å². The highest BCUT2D eigenvalue weighted by Gasteiger charge is 2.18. The Labute approximate surface area is 142 Å². The number of benzene rings is 2. The Bertz CT molecular complexity index is 827. The number of nitrogens with zero attached hydrogens (tertiary/aromatic N) is 1. The fourth-order valence-electron chi connectivity index (χ4n) is 2.44. The van der Waals surface area contributed by atoms with Crippen LogP contribution in [0.15, 0.2) is 57.4 Å². The van der Waals surface area contributed by atoms with Crippen molar-refractivity contribution in [2.75, 3.05) is 12.0 Å². The standard InChI is InChI=1S/C17H16BrN3O2/c1-22-16-7-6-12(18)9-14(16)21(17(19)20)10-13-8-11-4-2-3-5-15(11)23-13/h2-9H,10H2,1H3,(H3,19,20). The molecule has 0 spiro atoms. The van der Waals surface area contributed by atoms with E-state index in [1.54, 1.807) is 12.0 Å². The Kier molecular flexibility index (Phi) is 4.25. The lowest BCUT2D eigenvalue weighted by atomic mass is 10.2. The summed E-state index contributed by atoms with van der Waals surface area (Å²) in [7, 11) is 1.59. The van der Waals surface area contributed by atoms with Crippen LogP contribution in [0.1, 0.15) is 5.76 Å². The van der Waals surface area contributed by atoms with Crippen LogP contribution in [0.3, 0.4) is 0 Å². The molecule has 0 fully saturated rings. The summed E-state index contributed by atoms with van der Waals surface area (Å²) in [5.74, 6) is 1.28. The minimum Gasteiger partial charge on any atom is -0.495 e. The normalized spacial score (nSPS) is 10.7. The van der Waals surface area contributed by atoms with E-state index in [9.17, 15) is 0 Å². The van der Waals surface area contributed by atoms with Crippen molar-refractivity contribution >= 4 is 38.5 Å². The maximum absolute atomic E-state index is 7.91. The van der Waals surface area contributed by atoms with Gasteiger partial charge in [-0.1, -0.05) is 34.1 Å². The van der Waals surface area contributed by atoms with Gasteiger partial charge in [0.1, 0.15) is 17.1 Å². The van der Waals surface area contributed by atoms with Crippen molar-refractivity contribution in [1.29, 1.82) is 5.41 Å². The second-order valence-electron chi connectivity index (χ2n) is 5.04. The summed E-state index contributed by atoms with van der Waals surface area (Å²) in [6.45, 7) is 0.344. The average Bonchev–Trinajstić information content (AvgIpc) is 2.95. The van der Waals surface area contributed by atoms with Gasteiger partial charge in [0.25, 0.3) is 0 Å². The zero-order valence-corrected chi connectivity index (χ0v) is 14.1. The molecule has 3 N–H and O–H groups in total. The van der Waals surface area contributed by atoms with Gasteiger partial charge in [0.2, 0.25) is 0 Å². The molecule has 0 saturated carbocycles. The predicted molar refractivity (Wildman–Crippen MR) is 95.0 cm³/mol. The highest BCUT2D eigenvalue weighted by atomic mass is 79.9. The van der Waals surface area contributed by atoms with Crippen molar-refractivity contribution < 1.29 is 9.15 Å². The largest absolute Gasteiger partial charge is 0.495 e. The molecule has 0 bridgehead atoms. The molecule has 0 unspecified atom stereocenters. The molecule has 0 amide bonds. The second kappa shape index (κ2) is 6.34. The number of hydrogen-bond donors (Lipinski definition) is 2. The van der Waals surface area contributed by atoms with E-state index in [0.717, 1.165) is 21.2 Å². The lowest BCUT2D eigenvalue weighted by Crippen LogP contribution is -2.36. The molecule has 5 nitrogen and oxygen atoms in total. The monoisotopic (exact) mass is 373 g/mol. The van der Waals surface area contributed by atoms with Crippen LogP contribution in [0.4, 0.5) is 5.69 Å². The third-order valence-corrected chi connectivity index (χ3v) is 4.01. The smallest absolute Gasteiger partial charge is 0.193 e. The summed E-state index contributed by atoms with van der Waals surface area (Å²) < 4.78 is 12.1. The van der Waals surface area contributed by atoms with E-state index in [1.165, 1.54) is 0 Å². The van der Waals surface area contributed by atoms with Gasteiger partial charge in [0.15, 0.2) is 5.96 Å². The van der Waals surface area contributed by atoms with E-state index >= 15 is 0 Å².